The maximum absolute atomic E-state index is 12.0. The molecule has 2 rings (SSSR count). The van der Waals surface area contributed by atoms with Crippen LogP contribution in [-0.2, 0) is 4.74 Å². The second-order valence-electron chi connectivity index (χ2n) is 7.15. The van der Waals surface area contributed by atoms with E-state index in [4.69, 9.17) is 9.47 Å². The standard InChI is InChI=1S/C20H32N4O5/c1-4-7-12-28-20(27)24-10-8-14(9-11-24)22-16-13-21-19(23-17(16)18(25)26)29-15(5-2)6-3/h13-15,22H,4-12H2,1-3H3,(H,25,26). The predicted molar refractivity (Wildman–Crippen MR) is 108 cm³/mol. The molecule has 2 heterocycles. The second kappa shape index (κ2) is 11.4. The summed E-state index contributed by atoms with van der Waals surface area (Å²) in [5, 5.41) is 12.7. The largest absolute Gasteiger partial charge is 0.476 e. The minimum atomic E-state index is -1.14. The zero-order valence-corrected chi connectivity index (χ0v) is 17.5. The van der Waals surface area contributed by atoms with Gasteiger partial charge in [0.15, 0.2) is 5.69 Å². The number of nitrogens with one attached hydrogen (secondary N) is 1. The van der Waals surface area contributed by atoms with E-state index < -0.39 is 5.97 Å². The van der Waals surface area contributed by atoms with Crippen molar-refractivity contribution < 1.29 is 24.2 Å². The number of likely N-dealkylation sites (tertiary alicyclic amines) is 1. The molecule has 1 saturated heterocycles. The molecule has 2 N–H and O–H groups in total. The Morgan fingerprint density at radius 2 is 1.97 bits per heavy atom. The topological polar surface area (TPSA) is 114 Å². The van der Waals surface area contributed by atoms with Crippen molar-refractivity contribution in [2.24, 2.45) is 0 Å². The predicted octanol–water partition coefficient (Wildman–Crippen LogP) is 3.56. The molecule has 9 nitrogen and oxygen atoms in total. The molecule has 1 aromatic rings. The van der Waals surface area contributed by atoms with E-state index in [1.165, 1.54) is 6.20 Å². The lowest BCUT2D eigenvalue weighted by molar-refractivity contribution is 0.0688. The van der Waals surface area contributed by atoms with Crippen molar-refractivity contribution in [3.05, 3.63) is 11.9 Å². The second-order valence-corrected chi connectivity index (χ2v) is 7.15. The summed E-state index contributed by atoms with van der Waals surface area (Å²) < 4.78 is 10.9. The molecule has 29 heavy (non-hydrogen) atoms. The Morgan fingerprint density at radius 3 is 2.55 bits per heavy atom. The number of carboxylic acid groups (broad SMARTS) is 1. The summed E-state index contributed by atoms with van der Waals surface area (Å²) in [7, 11) is 0. The Kier molecular flexibility index (Phi) is 8.95. The number of aromatic carboxylic acids is 1. The van der Waals surface area contributed by atoms with Crippen LogP contribution in [0, 0.1) is 0 Å². The van der Waals surface area contributed by atoms with E-state index in [2.05, 4.69) is 15.3 Å². The normalized spacial score (nSPS) is 14.7. The highest BCUT2D eigenvalue weighted by Crippen LogP contribution is 2.21. The van der Waals surface area contributed by atoms with Gasteiger partial charge in [-0.3, -0.25) is 0 Å². The molecular weight excluding hydrogens is 376 g/mol. The number of hydrogen-bond acceptors (Lipinski definition) is 7. The first-order valence-corrected chi connectivity index (χ1v) is 10.4. The molecule has 9 heteroatoms. The van der Waals surface area contributed by atoms with Crippen LogP contribution in [0.2, 0.25) is 0 Å². The number of anilines is 1. The van der Waals surface area contributed by atoms with E-state index in [1.807, 2.05) is 20.8 Å². The number of amides is 1. The third-order valence-electron chi connectivity index (χ3n) is 4.99. The van der Waals surface area contributed by atoms with Crippen molar-refractivity contribution in [1.82, 2.24) is 14.9 Å². The molecule has 0 spiro atoms. The van der Waals surface area contributed by atoms with Crippen molar-refractivity contribution in [3.63, 3.8) is 0 Å². The maximum atomic E-state index is 12.0. The molecule has 1 aromatic heterocycles. The average Bonchev–Trinajstić information content (AvgIpc) is 2.73. The van der Waals surface area contributed by atoms with Gasteiger partial charge in [-0.1, -0.05) is 27.2 Å². The number of ether oxygens (including phenoxy) is 2. The van der Waals surface area contributed by atoms with Gasteiger partial charge in [-0.05, 0) is 32.1 Å². The van der Waals surface area contributed by atoms with Crippen LogP contribution in [0.15, 0.2) is 6.20 Å². The first-order chi connectivity index (χ1) is 14.0. The van der Waals surface area contributed by atoms with Gasteiger partial charge in [0, 0.05) is 19.1 Å². The van der Waals surface area contributed by atoms with Gasteiger partial charge in [-0.15, -0.1) is 0 Å². The van der Waals surface area contributed by atoms with Crippen molar-refractivity contribution in [1.29, 1.82) is 0 Å². The monoisotopic (exact) mass is 408 g/mol. The minimum Gasteiger partial charge on any atom is -0.476 e. The SMILES string of the molecule is CCCCOC(=O)N1CCC(Nc2cnc(OC(CC)CC)nc2C(=O)O)CC1. The van der Waals surface area contributed by atoms with Crippen LogP contribution in [0.4, 0.5) is 10.5 Å². The zero-order valence-electron chi connectivity index (χ0n) is 17.5. The van der Waals surface area contributed by atoms with Gasteiger partial charge in [0.25, 0.3) is 0 Å². The summed E-state index contributed by atoms with van der Waals surface area (Å²) in [6, 6.07) is 0.105. The summed E-state index contributed by atoms with van der Waals surface area (Å²) in [5.41, 5.74) is 0.251. The lowest BCUT2D eigenvalue weighted by atomic mass is 10.1. The lowest BCUT2D eigenvalue weighted by Gasteiger charge is -2.32. The third kappa shape index (κ3) is 6.76. The van der Waals surface area contributed by atoms with E-state index in [9.17, 15) is 14.7 Å². The number of unbranched alkanes of at least 4 members (excludes halogenated alkanes) is 1. The zero-order chi connectivity index (χ0) is 21.2. The fourth-order valence-electron chi connectivity index (χ4n) is 3.12. The van der Waals surface area contributed by atoms with Crippen molar-refractivity contribution in [2.45, 2.75) is 71.4 Å². The highest BCUT2D eigenvalue weighted by molar-refractivity contribution is 5.91. The number of nitrogens with zero attached hydrogens (tertiary/aromatic N) is 3. The highest BCUT2D eigenvalue weighted by atomic mass is 16.6. The van der Waals surface area contributed by atoms with Gasteiger partial charge in [0.1, 0.15) is 6.10 Å². The van der Waals surface area contributed by atoms with E-state index in [-0.39, 0.29) is 29.9 Å². The van der Waals surface area contributed by atoms with Crippen molar-refractivity contribution in [2.75, 3.05) is 25.0 Å². The number of hydrogen-bond donors (Lipinski definition) is 2. The number of rotatable bonds is 10. The van der Waals surface area contributed by atoms with Crippen molar-refractivity contribution >= 4 is 17.7 Å². The van der Waals surface area contributed by atoms with Gasteiger partial charge in [0.05, 0.1) is 18.5 Å². The Labute approximate surface area is 171 Å². The smallest absolute Gasteiger partial charge is 0.409 e. The van der Waals surface area contributed by atoms with Crippen LogP contribution in [-0.4, -0.2) is 63.9 Å². The highest BCUT2D eigenvalue weighted by Gasteiger charge is 2.25. The quantitative estimate of drug-likeness (QED) is 0.565. The molecule has 1 fully saturated rings. The Balaban J connectivity index is 1.94. The average molecular weight is 408 g/mol. The fraction of sp³-hybridized carbons (Fsp3) is 0.700. The van der Waals surface area contributed by atoms with E-state index in [1.54, 1.807) is 4.90 Å². The number of piperidine rings is 1. The van der Waals surface area contributed by atoms with Gasteiger partial charge in [0.2, 0.25) is 0 Å². The molecule has 0 radical (unpaired) electrons. The number of carbonyl (C=O) groups is 2. The molecule has 0 unspecified atom stereocenters. The molecule has 0 aromatic carbocycles. The Morgan fingerprint density at radius 1 is 1.28 bits per heavy atom. The molecule has 0 bridgehead atoms. The minimum absolute atomic E-state index is 0.0298. The van der Waals surface area contributed by atoms with Gasteiger partial charge in [-0.2, -0.15) is 4.98 Å². The van der Waals surface area contributed by atoms with E-state index >= 15 is 0 Å². The van der Waals surface area contributed by atoms with Gasteiger partial charge in [-0.25, -0.2) is 14.6 Å². The van der Waals surface area contributed by atoms with E-state index in [0.29, 0.717) is 38.2 Å². The molecule has 1 aliphatic heterocycles. The Hall–Kier alpha value is -2.58. The molecule has 0 atom stereocenters. The van der Waals surface area contributed by atoms with E-state index in [0.717, 1.165) is 25.7 Å². The van der Waals surface area contributed by atoms with Gasteiger partial charge < -0.3 is 24.8 Å². The van der Waals surface area contributed by atoms with Crippen LogP contribution >= 0.6 is 0 Å². The number of aromatic nitrogens is 2. The lowest BCUT2D eigenvalue weighted by Crippen LogP contribution is -2.42. The molecule has 1 aliphatic rings. The summed E-state index contributed by atoms with van der Waals surface area (Å²) in [4.78, 5) is 33.6. The first kappa shape index (κ1) is 22.7. The Bertz CT molecular complexity index is 673. The van der Waals surface area contributed by atoms with Crippen LogP contribution in [0.5, 0.6) is 6.01 Å². The van der Waals surface area contributed by atoms with Crippen LogP contribution in [0.25, 0.3) is 0 Å². The summed E-state index contributed by atoms with van der Waals surface area (Å²) >= 11 is 0. The van der Waals surface area contributed by atoms with Crippen LogP contribution in [0.1, 0.15) is 69.8 Å². The first-order valence-electron chi connectivity index (χ1n) is 10.4. The molecule has 0 aliphatic carbocycles. The summed E-state index contributed by atoms with van der Waals surface area (Å²) in [5.74, 6) is -1.14. The molecule has 1 amide bonds. The molecular formula is C20H32N4O5. The molecule has 162 valence electrons. The third-order valence-corrected chi connectivity index (χ3v) is 4.99. The fourth-order valence-corrected chi connectivity index (χ4v) is 3.12. The van der Waals surface area contributed by atoms with Gasteiger partial charge >= 0.3 is 18.1 Å². The van der Waals surface area contributed by atoms with Crippen molar-refractivity contribution in [3.8, 4) is 6.01 Å². The summed E-state index contributed by atoms with van der Waals surface area (Å²) in [6.07, 6.45) is 5.93. The summed E-state index contributed by atoms with van der Waals surface area (Å²) in [6.45, 7) is 7.59. The molecule has 0 saturated carbocycles. The van der Waals surface area contributed by atoms with Crippen LogP contribution < -0.4 is 10.1 Å². The number of carbonyl (C=O) groups excluding carboxylic acids is 1. The van der Waals surface area contributed by atoms with Crippen LogP contribution in [0.3, 0.4) is 0 Å². The number of carboxylic acids is 1. The maximum Gasteiger partial charge on any atom is 0.409 e.